The summed E-state index contributed by atoms with van der Waals surface area (Å²) < 4.78 is 0. The Labute approximate surface area is 188 Å². The van der Waals surface area contributed by atoms with Gasteiger partial charge in [-0.05, 0) is 44.1 Å². The number of aliphatic carboxylic acids is 1. The number of carbonyl (C=O) groups excluding carboxylic acids is 2. The zero-order chi connectivity index (χ0) is 24.1. The smallest absolute Gasteiger partial charge is 0.331 e. The van der Waals surface area contributed by atoms with Crippen LogP contribution in [-0.4, -0.2) is 71.5 Å². The summed E-state index contributed by atoms with van der Waals surface area (Å²) in [5.41, 5.74) is -0.295. The fraction of sp³-hybridized carbons (Fsp3) is 0.792. The number of carbonyl (C=O) groups is 3. The van der Waals surface area contributed by atoms with Gasteiger partial charge in [-0.3, -0.25) is 14.5 Å². The second-order valence-electron chi connectivity index (χ2n) is 10.5. The van der Waals surface area contributed by atoms with Crippen LogP contribution in [0.5, 0.6) is 0 Å². The van der Waals surface area contributed by atoms with Crippen molar-refractivity contribution in [3.05, 3.63) is 11.6 Å². The summed E-state index contributed by atoms with van der Waals surface area (Å²) in [4.78, 5) is 41.6. The van der Waals surface area contributed by atoms with Crippen molar-refractivity contribution >= 4 is 17.8 Å². The van der Waals surface area contributed by atoms with Crippen molar-refractivity contribution in [1.82, 2.24) is 15.1 Å². The molecule has 1 aliphatic heterocycles. The van der Waals surface area contributed by atoms with Crippen molar-refractivity contribution in [2.45, 2.75) is 85.9 Å². The van der Waals surface area contributed by atoms with Crippen molar-refractivity contribution in [3.63, 3.8) is 0 Å². The van der Waals surface area contributed by atoms with E-state index in [1.165, 1.54) is 6.92 Å². The molecule has 4 atom stereocenters. The molecule has 0 aromatic carbocycles. The van der Waals surface area contributed by atoms with Crippen molar-refractivity contribution in [2.75, 3.05) is 20.6 Å². The third kappa shape index (κ3) is 7.34. The van der Waals surface area contributed by atoms with Crippen LogP contribution in [0.2, 0.25) is 0 Å². The molecule has 7 nitrogen and oxygen atoms in total. The van der Waals surface area contributed by atoms with Gasteiger partial charge in [0.2, 0.25) is 11.8 Å². The van der Waals surface area contributed by atoms with Crippen LogP contribution in [0.1, 0.15) is 67.7 Å². The van der Waals surface area contributed by atoms with Gasteiger partial charge in [-0.1, -0.05) is 54.0 Å². The number of piperidine rings is 1. The first-order valence-electron chi connectivity index (χ1n) is 11.4. The lowest BCUT2D eigenvalue weighted by molar-refractivity contribution is -0.141. The number of carboxylic acids is 1. The highest BCUT2D eigenvalue weighted by Crippen LogP contribution is 2.26. The summed E-state index contributed by atoms with van der Waals surface area (Å²) in [5, 5.41) is 12.3. The van der Waals surface area contributed by atoms with Crippen molar-refractivity contribution in [3.8, 4) is 0 Å². The second kappa shape index (κ2) is 11.1. The Hall–Kier alpha value is -1.89. The predicted molar refractivity (Wildman–Crippen MR) is 124 cm³/mol. The maximum atomic E-state index is 13.5. The molecule has 1 unspecified atom stereocenters. The number of nitrogens with one attached hydrogen (secondary N) is 1. The molecule has 0 saturated carbocycles. The molecular formula is C24H43N3O4. The number of nitrogens with zero attached hydrogens (tertiary/aromatic N) is 2. The quantitative estimate of drug-likeness (QED) is 0.570. The number of hydrogen-bond donors (Lipinski definition) is 2. The van der Waals surface area contributed by atoms with E-state index < -0.39 is 17.4 Å². The zero-order valence-electron chi connectivity index (χ0n) is 20.9. The molecular weight excluding hydrogens is 394 g/mol. The topological polar surface area (TPSA) is 90.0 Å². The minimum atomic E-state index is -1.00. The summed E-state index contributed by atoms with van der Waals surface area (Å²) in [6.07, 6.45) is 4.53. The van der Waals surface area contributed by atoms with Crippen LogP contribution in [-0.2, 0) is 14.4 Å². The number of likely N-dealkylation sites (tertiary alicyclic amines) is 1. The van der Waals surface area contributed by atoms with E-state index >= 15 is 0 Å². The lowest BCUT2D eigenvalue weighted by atomic mass is 9.84. The van der Waals surface area contributed by atoms with E-state index in [4.69, 9.17) is 0 Å². The number of hydrogen-bond acceptors (Lipinski definition) is 4. The molecule has 0 aromatic heterocycles. The summed E-state index contributed by atoms with van der Waals surface area (Å²) in [6.45, 7) is 14.3. The highest BCUT2D eigenvalue weighted by atomic mass is 16.4. The highest BCUT2D eigenvalue weighted by Gasteiger charge is 2.39. The van der Waals surface area contributed by atoms with Crippen LogP contribution in [0, 0.1) is 17.3 Å². The Morgan fingerprint density at radius 2 is 1.81 bits per heavy atom. The molecule has 2 amide bonds. The maximum Gasteiger partial charge on any atom is 0.331 e. The van der Waals surface area contributed by atoms with Gasteiger partial charge in [0.1, 0.15) is 6.04 Å². The molecule has 0 bridgehead atoms. The average molecular weight is 438 g/mol. The highest BCUT2D eigenvalue weighted by molar-refractivity contribution is 5.91. The Morgan fingerprint density at radius 3 is 2.23 bits per heavy atom. The predicted octanol–water partition coefficient (Wildman–Crippen LogP) is 3.15. The third-order valence-corrected chi connectivity index (χ3v) is 6.44. The van der Waals surface area contributed by atoms with Gasteiger partial charge in [-0.25, -0.2) is 4.79 Å². The largest absolute Gasteiger partial charge is 0.478 e. The van der Waals surface area contributed by atoms with E-state index in [1.54, 1.807) is 18.0 Å². The minimum Gasteiger partial charge on any atom is -0.478 e. The van der Waals surface area contributed by atoms with E-state index in [-0.39, 0.29) is 35.4 Å². The molecule has 0 aromatic rings. The first kappa shape index (κ1) is 27.1. The molecule has 178 valence electrons. The lowest BCUT2D eigenvalue weighted by Gasteiger charge is -2.40. The molecule has 1 rings (SSSR count). The summed E-state index contributed by atoms with van der Waals surface area (Å²) in [5.74, 6) is -0.694. The van der Waals surface area contributed by atoms with Crippen LogP contribution in [0.15, 0.2) is 11.6 Å². The monoisotopic (exact) mass is 437 g/mol. The van der Waals surface area contributed by atoms with Crippen molar-refractivity contribution in [2.24, 2.45) is 17.3 Å². The van der Waals surface area contributed by atoms with Crippen molar-refractivity contribution in [1.29, 1.82) is 0 Å². The van der Waals surface area contributed by atoms with Gasteiger partial charge in [0.05, 0.1) is 12.1 Å². The van der Waals surface area contributed by atoms with E-state index in [0.717, 1.165) is 25.8 Å². The lowest BCUT2D eigenvalue weighted by Crippen LogP contribution is -2.60. The Balaban J connectivity index is 3.08. The van der Waals surface area contributed by atoms with Crippen molar-refractivity contribution < 1.29 is 19.5 Å². The van der Waals surface area contributed by atoms with Gasteiger partial charge in [0.15, 0.2) is 0 Å². The van der Waals surface area contributed by atoms with Crippen LogP contribution < -0.4 is 5.32 Å². The fourth-order valence-corrected chi connectivity index (χ4v) is 4.22. The molecule has 31 heavy (non-hydrogen) atoms. The molecule has 1 aliphatic rings. The van der Waals surface area contributed by atoms with Gasteiger partial charge >= 0.3 is 5.97 Å². The van der Waals surface area contributed by atoms with Crippen LogP contribution in [0.4, 0.5) is 0 Å². The molecule has 0 spiro atoms. The molecule has 0 aliphatic carbocycles. The maximum absolute atomic E-state index is 13.5. The Kier molecular flexibility index (Phi) is 9.73. The summed E-state index contributed by atoms with van der Waals surface area (Å²) >= 11 is 0. The molecule has 2 N–H and O–H groups in total. The molecule has 1 fully saturated rings. The van der Waals surface area contributed by atoms with Gasteiger partial charge in [-0.2, -0.15) is 0 Å². The summed E-state index contributed by atoms with van der Waals surface area (Å²) in [7, 11) is 3.66. The van der Waals surface area contributed by atoms with E-state index in [2.05, 4.69) is 17.1 Å². The molecule has 7 heteroatoms. The van der Waals surface area contributed by atoms with Gasteiger partial charge in [0, 0.05) is 19.2 Å². The third-order valence-electron chi connectivity index (χ3n) is 6.44. The Morgan fingerprint density at radius 1 is 1.23 bits per heavy atom. The van der Waals surface area contributed by atoms with Crippen LogP contribution in [0.3, 0.4) is 0 Å². The number of carboxylic acid groups (broad SMARTS) is 1. The molecule has 0 radical (unpaired) electrons. The number of amides is 2. The zero-order valence-corrected chi connectivity index (χ0v) is 20.9. The normalized spacial score (nSPS) is 22.7. The van der Waals surface area contributed by atoms with E-state index in [0.29, 0.717) is 5.92 Å². The first-order chi connectivity index (χ1) is 14.2. The van der Waals surface area contributed by atoms with Gasteiger partial charge < -0.3 is 15.3 Å². The van der Waals surface area contributed by atoms with E-state index in [1.807, 2.05) is 41.7 Å². The minimum absolute atomic E-state index is 0.0232. The average Bonchev–Trinajstić information content (AvgIpc) is 2.67. The second-order valence-corrected chi connectivity index (χ2v) is 10.5. The van der Waals surface area contributed by atoms with Crippen LogP contribution >= 0.6 is 0 Å². The number of likely N-dealkylation sites (N-methyl/N-ethyl adjacent to an activating group) is 2. The van der Waals surface area contributed by atoms with Crippen LogP contribution in [0.25, 0.3) is 0 Å². The van der Waals surface area contributed by atoms with Gasteiger partial charge in [-0.15, -0.1) is 0 Å². The summed E-state index contributed by atoms with van der Waals surface area (Å²) in [6, 6.07) is -1.32. The first-order valence-corrected chi connectivity index (χ1v) is 11.4. The SMILES string of the molecule is CC[C@H]1CCC(C(=O)N[C@H](C(=O)N(C)[C@H](C=C(C)C(=O)O)C(C)C)C(C)(C)C)N(C)C1. The molecule has 1 heterocycles. The Bertz CT molecular complexity index is 681. The fourth-order valence-electron chi connectivity index (χ4n) is 4.22. The molecule has 1 saturated heterocycles. The standard InChI is InChI=1S/C24H43N3O4/c1-10-17-11-12-18(26(8)14-17)21(28)25-20(24(5,6)7)22(29)27(9)19(15(2)3)13-16(4)23(30)31/h13,15,17-20H,10-12,14H2,1-9H3,(H,25,28)(H,30,31)/t17-,18?,19+,20+/m0/s1. The number of rotatable bonds is 8. The van der Waals surface area contributed by atoms with E-state index in [9.17, 15) is 19.5 Å². The van der Waals surface area contributed by atoms with Gasteiger partial charge in [0.25, 0.3) is 0 Å².